The number of anilines is 1. The molecule has 0 aliphatic carbocycles. The lowest BCUT2D eigenvalue weighted by atomic mass is 10.0. The number of methoxy groups -OCH3 is 1. The van der Waals surface area contributed by atoms with Crippen LogP contribution in [-0.2, 0) is 17.9 Å². The highest BCUT2D eigenvalue weighted by atomic mass is 35.5. The Morgan fingerprint density at radius 2 is 1.89 bits per heavy atom. The molecule has 0 amide bonds. The van der Waals surface area contributed by atoms with Crippen LogP contribution < -0.4 is 4.90 Å². The van der Waals surface area contributed by atoms with Crippen LogP contribution in [0.1, 0.15) is 11.1 Å². The molecule has 1 aliphatic heterocycles. The number of rotatable bonds is 5. The first-order valence-corrected chi connectivity index (χ1v) is 9.84. The number of fused-ring (bicyclic) bond motifs is 1. The summed E-state index contributed by atoms with van der Waals surface area (Å²) in [5.74, 6) is 0.271. The summed E-state index contributed by atoms with van der Waals surface area (Å²) in [7, 11) is 1.68. The van der Waals surface area contributed by atoms with Gasteiger partial charge in [0, 0.05) is 67.7 Å². The van der Waals surface area contributed by atoms with Gasteiger partial charge in [-0.15, -0.1) is 0 Å². The number of piperazine rings is 1. The van der Waals surface area contributed by atoms with E-state index in [1.165, 1.54) is 0 Å². The molecule has 2 heterocycles. The summed E-state index contributed by atoms with van der Waals surface area (Å²) < 4.78 is 5.35. The molecule has 0 saturated carbocycles. The molecule has 6 heteroatoms. The minimum Gasteiger partial charge on any atom is -0.505 e. The third-order valence-electron chi connectivity index (χ3n) is 5.27. The van der Waals surface area contributed by atoms with Crippen LogP contribution in [0.2, 0.25) is 5.02 Å². The van der Waals surface area contributed by atoms with E-state index in [0.29, 0.717) is 18.7 Å². The van der Waals surface area contributed by atoms with Crippen LogP contribution in [0.15, 0.2) is 48.7 Å². The quantitative estimate of drug-likeness (QED) is 0.703. The summed E-state index contributed by atoms with van der Waals surface area (Å²) in [6, 6.07) is 13.9. The lowest BCUT2D eigenvalue weighted by molar-refractivity contribution is 0.185. The largest absolute Gasteiger partial charge is 0.505 e. The second-order valence-corrected chi connectivity index (χ2v) is 7.56. The number of hydrogen-bond donors (Lipinski definition) is 1. The maximum absolute atomic E-state index is 10.8. The first kappa shape index (κ1) is 19.0. The molecular weight excluding hydrogens is 374 g/mol. The van der Waals surface area contributed by atoms with Gasteiger partial charge >= 0.3 is 0 Å². The van der Waals surface area contributed by atoms with Gasteiger partial charge in [-0.3, -0.25) is 9.88 Å². The third kappa shape index (κ3) is 3.92. The van der Waals surface area contributed by atoms with Crippen molar-refractivity contribution >= 4 is 28.2 Å². The lowest BCUT2D eigenvalue weighted by Gasteiger charge is -2.36. The second kappa shape index (κ2) is 8.35. The maximum Gasteiger partial charge on any atom is 0.146 e. The van der Waals surface area contributed by atoms with Gasteiger partial charge in [0.1, 0.15) is 11.3 Å². The Morgan fingerprint density at radius 3 is 2.64 bits per heavy atom. The van der Waals surface area contributed by atoms with Gasteiger partial charge in [-0.25, -0.2) is 0 Å². The molecule has 28 heavy (non-hydrogen) atoms. The molecule has 2 aromatic carbocycles. The minimum atomic E-state index is 0.271. The van der Waals surface area contributed by atoms with Crippen molar-refractivity contribution in [1.29, 1.82) is 0 Å². The number of nitrogens with zero attached hydrogens (tertiary/aromatic N) is 3. The monoisotopic (exact) mass is 397 g/mol. The molecule has 1 fully saturated rings. The smallest absolute Gasteiger partial charge is 0.146 e. The van der Waals surface area contributed by atoms with Crippen molar-refractivity contribution < 1.29 is 9.84 Å². The highest BCUT2D eigenvalue weighted by Crippen LogP contribution is 2.32. The SMILES string of the molecule is COCc1cc(CN2CCN(c3cccc(Cl)c3)CC2)c(O)c2ncccc12. The Bertz CT molecular complexity index is 971. The van der Waals surface area contributed by atoms with Crippen LogP contribution in [0.25, 0.3) is 10.9 Å². The van der Waals surface area contributed by atoms with E-state index in [2.05, 4.69) is 20.9 Å². The first-order chi connectivity index (χ1) is 13.7. The standard InChI is InChI=1S/C22H24ClN3O2/c1-28-15-17-12-16(22(27)21-20(17)6-3-7-24-21)14-25-8-10-26(11-9-25)19-5-2-4-18(23)13-19/h2-7,12-13,27H,8-11,14-15H2,1H3. The molecule has 1 N–H and O–H groups in total. The second-order valence-electron chi connectivity index (χ2n) is 7.12. The van der Waals surface area contributed by atoms with Gasteiger partial charge in [-0.2, -0.15) is 0 Å². The molecule has 4 rings (SSSR count). The predicted molar refractivity (Wildman–Crippen MR) is 113 cm³/mol. The van der Waals surface area contributed by atoms with Crippen molar-refractivity contribution in [3.05, 3.63) is 64.8 Å². The van der Waals surface area contributed by atoms with Crippen LogP contribution in [0, 0.1) is 0 Å². The molecular formula is C22H24ClN3O2. The Balaban J connectivity index is 1.51. The molecule has 0 atom stereocenters. The van der Waals surface area contributed by atoms with Gasteiger partial charge in [-0.1, -0.05) is 23.7 Å². The van der Waals surface area contributed by atoms with Gasteiger partial charge in [-0.05, 0) is 35.9 Å². The van der Waals surface area contributed by atoms with E-state index in [0.717, 1.165) is 53.4 Å². The summed E-state index contributed by atoms with van der Waals surface area (Å²) >= 11 is 6.12. The number of benzene rings is 2. The predicted octanol–water partition coefficient (Wildman–Crippen LogP) is 4.06. The lowest BCUT2D eigenvalue weighted by Crippen LogP contribution is -2.46. The van der Waals surface area contributed by atoms with Crippen LogP contribution in [-0.4, -0.2) is 48.3 Å². The van der Waals surface area contributed by atoms with Crippen LogP contribution in [0.5, 0.6) is 5.75 Å². The maximum atomic E-state index is 10.8. The third-order valence-corrected chi connectivity index (χ3v) is 5.51. The summed E-state index contributed by atoms with van der Waals surface area (Å²) in [5.41, 5.74) is 3.75. The highest BCUT2D eigenvalue weighted by molar-refractivity contribution is 6.30. The first-order valence-electron chi connectivity index (χ1n) is 9.46. The zero-order valence-corrected chi connectivity index (χ0v) is 16.7. The van der Waals surface area contributed by atoms with E-state index < -0.39 is 0 Å². The fraction of sp³-hybridized carbons (Fsp3) is 0.318. The normalized spacial score (nSPS) is 15.3. The molecule has 1 aliphatic rings. The van der Waals surface area contributed by atoms with E-state index in [9.17, 15) is 5.11 Å². The van der Waals surface area contributed by atoms with Crippen molar-refractivity contribution in [1.82, 2.24) is 9.88 Å². The van der Waals surface area contributed by atoms with Crippen molar-refractivity contribution in [2.75, 3.05) is 38.2 Å². The average molecular weight is 398 g/mol. The molecule has 1 saturated heterocycles. The zero-order valence-electron chi connectivity index (χ0n) is 15.9. The summed E-state index contributed by atoms with van der Waals surface area (Å²) in [6.45, 7) is 4.89. The fourth-order valence-corrected chi connectivity index (χ4v) is 4.02. The van der Waals surface area contributed by atoms with Crippen LogP contribution in [0.3, 0.4) is 0 Å². The van der Waals surface area contributed by atoms with Crippen molar-refractivity contribution in [3.63, 3.8) is 0 Å². The molecule has 0 unspecified atom stereocenters. The van der Waals surface area contributed by atoms with Gasteiger partial charge < -0.3 is 14.7 Å². The van der Waals surface area contributed by atoms with Crippen molar-refractivity contribution in [3.8, 4) is 5.75 Å². The van der Waals surface area contributed by atoms with Crippen LogP contribution in [0.4, 0.5) is 5.69 Å². The number of hydrogen-bond acceptors (Lipinski definition) is 5. The number of aromatic hydroxyl groups is 1. The Morgan fingerprint density at radius 1 is 1.07 bits per heavy atom. The number of aromatic nitrogens is 1. The number of ether oxygens (including phenoxy) is 1. The number of phenols is 1. The molecule has 0 radical (unpaired) electrons. The Kier molecular flexibility index (Phi) is 5.67. The van der Waals surface area contributed by atoms with Gasteiger partial charge in [0.2, 0.25) is 0 Å². The molecule has 0 spiro atoms. The highest BCUT2D eigenvalue weighted by Gasteiger charge is 2.20. The molecule has 146 valence electrons. The molecule has 3 aromatic rings. The van der Waals surface area contributed by atoms with Crippen molar-refractivity contribution in [2.24, 2.45) is 0 Å². The van der Waals surface area contributed by atoms with E-state index >= 15 is 0 Å². The van der Waals surface area contributed by atoms with E-state index in [4.69, 9.17) is 16.3 Å². The molecule has 1 aromatic heterocycles. The van der Waals surface area contributed by atoms with E-state index in [-0.39, 0.29) is 5.75 Å². The summed E-state index contributed by atoms with van der Waals surface area (Å²) in [4.78, 5) is 9.10. The van der Waals surface area contributed by atoms with Gasteiger partial charge in [0.05, 0.1) is 6.61 Å². The van der Waals surface area contributed by atoms with E-state index in [1.54, 1.807) is 13.3 Å². The Hall–Kier alpha value is -2.34. The fourth-order valence-electron chi connectivity index (χ4n) is 3.83. The Labute approximate surface area is 170 Å². The number of pyridine rings is 1. The summed E-state index contributed by atoms with van der Waals surface area (Å²) in [6.07, 6.45) is 1.71. The minimum absolute atomic E-state index is 0.271. The van der Waals surface area contributed by atoms with E-state index in [1.807, 2.05) is 36.4 Å². The van der Waals surface area contributed by atoms with Crippen LogP contribution >= 0.6 is 11.6 Å². The van der Waals surface area contributed by atoms with Gasteiger partial charge in [0.25, 0.3) is 0 Å². The molecule has 0 bridgehead atoms. The zero-order chi connectivity index (χ0) is 19.5. The number of phenolic OH excluding ortho intramolecular Hbond substituents is 1. The van der Waals surface area contributed by atoms with Gasteiger partial charge in [0.15, 0.2) is 0 Å². The topological polar surface area (TPSA) is 48.8 Å². The summed E-state index contributed by atoms with van der Waals surface area (Å²) in [5, 5.41) is 12.5. The number of halogens is 1. The average Bonchev–Trinajstić information content (AvgIpc) is 2.72. The van der Waals surface area contributed by atoms with Crippen molar-refractivity contribution in [2.45, 2.75) is 13.2 Å². The molecule has 5 nitrogen and oxygen atoms in total.